The zero-order chi connectivity index (χ0) is 15.3. The lowest BCUT2D eigenvalue weighted by molar-refractivity contribution is -0.137. The van der Waals surface area contributed by atoms with Gasteiger partial charge >= 0.3 is 5.97 Å². The summed E-state index contributed by atoms with van der Waals surface area (Å²) in [6, 6.07) is 3.64. The van der Waals surface area contributed by atoms with Gasteiger partial charge in [-0.05, 0) is 38.5 Å². The Bertz CT molecular complexity index is 505. The molecule has 0 aliphatic heterocycles. The number of carboxylic acid groups (broad SMARTS) is 1. The average Bonchev–Trinajstić information content (AvgIpc) is 2.36. The molecule has 110 valence electrons. The van der Waals surface area contributed by atoms with Crippen molar-refractivity contribution in [2.24, 2.45) is 0 Å². The van der Waals surface area contributed by atoms with Crippen LogP contribution in [0, 0.1) is 5.82 Å². The van der Waals surface area contributed by atoms with Gasteiger partial charge in [-0.1, -0.05) is 11.6 Å². The molecule has 1 N–H and O–H groups in total. The summed E-state index contributed by atoms with van der Waals surface area (Å²) in [5.74, 6) is -2.04. The average molecular weight is 302 g/mol. The van der Waals surface area contributed by atoms with E-state index in [-0.39, 0.29) is 29.6 Å². The Hall–Kier alpha value is -1.62. The fraction of sp³-hybridized carbons (Fsp3) is 0.429. The predicted octanol–water partition coefficient (Wildman–Crippen LogP) is 3.19. The molecule has 1 rings (SSSR count). The van der Waals surface area contributed by atoms with Crippen LogP contribution in [0.15, 0.2) is 18.2 Å². The molecule has 0 fully saturated rings. The lowest BCUT2D eigenvalue weighted by Gasteiger charge is -2.27. The van der Waals surface area contributed by atoms with Crippen molar-refractivity contribution in [3.63, 3.8) is 0 Å². The van der Waals surface area contributed by atoms with Gasteiger partial charge in [0.05, 0.1) is 5.56 Å². The van der Waals surface area contributed by atoms with E-state index >= 15 is 0 Å². The number of amides is 1. The maximum absolute atomic E-state index is 13.7. The van der Waals surface area contributed by atoms with Gasteiger partial charge in [0.2, 0.25) is 0 Å². The number of aliphatic carboxylic acids is 1. The maximum Gasteiger partial charge on any atom is 0.303 e. The van der Waals surface area contributed by atoms with Crippen LogP contribution in [-0.2, 0) is 4.79 Å². The first-order valence-corrected chi connectivity index (χ1v) is 6.68. The Balaban J connectivity index is 2.88. The highest BCUT2D eigenvalue weighted by Crippen LogP contribution is 2.18. The van der Waals surface area contributed by atoms with Gasteiger partial charge in [-0.15, -0.1) is 0 Å². The first-order valence-electron chi connectivity index (χ1n) is 6.30. The van der Waals surface area contributed by atoms with Crippen LogP contribution in [-0.4, -0.2) is 34.5 Å². The molecule has 0 aliphatic carbocycles. The first kappa shape index (κ1) is 16.4. The van der Waals surface area contributed by atoms with Gasteiger partial charge in [-0.2, -0.15) is 0 Å². The van der Waals surface area contributed by atoms with E-state index in [1.807, 2.05) is 0 Å². The van der Waals surface area contributed by atoms with Crippen molar-refractivity contribution in [2.45, 2.75) is 32.7 Å². The predicted molar refractivity (Wildman–Crippen MR) is 74.5 cm³/mol. The molecular formula is C14H17ClFNO3. The van der Waals surface area contributed by atoms with E-state index in [2.05, 4.69) is 0 Å². The van der Waals surface area contributed by atoms with Crippen molar-refractivity contribution in [1.82, 2.24) is 4.90 Å². The third kappa shape index (κ3) is 4.49. The summed E-state index contributed by atoms with van der Waals surface area (Å²) in [7, 11) is 0. The van der Waals surface area contributed by atoms with Gasteiger partial charge in [-0.25, -0.2) is 4.39 Å². The minimum atomic E-state index is -0.921. The van der Waals surface area contributed by atoms with Crippen molar-refractivity contribution in [3.05, 3.63) is 34.6 Å². The Morgan fingerprint density at radius 1 is 1.40 bits per heavy atom. The van der Waals surface area contributed by atoms with E-state index in [0.29, 0.717) is 6.42 Å². The molecule has 0 aromatic heterocycles. The number of rotatable bonds is 6. The SMILES string of the molecule is CC(C)N(CCCC(=O)O)C(=O)c1cc(Cl)ccc1F. The molecule has 0 unspecified atom stereocenters. The zero-order valence-corrected chi connectivity index (χ0v) is 12.2. The molecule has 0 radical (unpaired) electrons. The minimum absolute atomic E-state index is 0.0332. The summed E-state index contributed by atoms with van der Waals surface area (Å²) in [4.78, 5) is 24.3. The van der Waals surface area contributed by atoms with Crippen LogP contribution in [0.1, 0.15) is 37.0 Å². The summed E-state index contributed by atoms with van der Waals surface area (Å²) >= 11 is 5.78. The highest BCUT2D eigenvalue weighted by atomic mass is 35.5. The van der Waals surface area contributed by atoms with E-state index in [1.54, 1.807) is 13.8 Å². The lowest BCUT2D eigenvalue weighted by Crippen LogP contribution is -2.38. The smallest absolute Gasteiger partial charge is 0.303 e. The number of halogens is 2. The fourth-order valence-corrected chi connectivity index (χ4v) is 1.98. The molecule has 20 heavy (non-hydrogen) atoms. The van der Waals surface area contributed by atoms with Crippen molar-refractivity contribution in [3.8, 4) is 0 Å². The first-order chi connectivity index (χ1) is 9.32. The molecule has 0 atom stereocenters. The number of benzene rings is 1. The summed E-state index contributed by atoms with van der Waals surface area (Å²) < 4.78 is 13.7. The van der Waals surface area contributed by atoms with Crippen LogP contribution >= 0.6 is 11.6 Å². The maximum atomic E-state index is 13.7. The number of hydrogen-bond acceptors (Lipinski definition) is 2. The molecule has 0 bridgehead atoms. The van der Waals surface area contributed by atoms with Gasteiger partial charge in [0.1, 0.15) is 5.82 Å². The van der Waals surface area contributed by atoms with Gasteiger partial charge in [0.15, 0.2) is 0 Å². The lowest BCUT2D eigenvalue weighted by atomic mass is 10.1. The van der Waals surface area contributed by atoms with Crippen LogP contribution < -0.4 is 0 Å². The Morgan fingerprint density at radius 2 is 2.05 bits per heavy atom. The molecule has 1 aromatic rings. The number of carbonyl (C=O) groups excluding carboxylic acids is 1. The standard InChI is InChI=1S/C14H17ClFNO3/c1-9(2)17(7-3-4-13(18)19)14(20)11-8-10(15)5-6-12(11)16/h5-6,8-9H,3-4,7H2,1-2H3,(H,18,19). The van der Waals surface area contributed by atoms with Crippen LogP contribution in [0.3, 0.4) is 0 Å². The molecule has 0 saturated carbocycles. The van der Waals surface area contributed by atoms with Crippen LogP contribution in [0.4, 0.5) is 4.39 Å². The molecule has 1 aromatic carbocycles. The van der Waals surface area contributed by atoms with Crippen LogP contribution in [0.5, 0.6) is 0 Å². The van der Waals surface area contributed by atoms with Crippen molar-refractivity contribution in [1.29, 1.82) is 0 Å². The molecule has 0 aliphatic rings. The van der Waals surface area contributed by atoms with Gasteiger partial charge < -0.3 is 10.0 Å². The van der Waals surface area contributed by atoms with Gasteiger partial charge in [0.25, 0.3) is 5.91 Å². The number of carboxylic acids is 1. The van der Waals surface area contributed by atoms with E-state index < -0.39 is 17.7 Å². The molecule has 0 heterocycles. The van der Waals surface area contributed by atoms with E-state index in [9.17, 15) is 14.0 Å². The normalized spacial score (nSPS) is 10.7. The minimum Gasteiger partial charge on any atom is -0.481 e. The van der Waals surface area contributed by atoms with Crippen LogP contribution in [0.25, 0.3) is 0 Å². The van der Waals surface area contributed by atoms with E-state index in [1.165, 1.54) is 17.0 Å². The quantitative estimate of drug-likeness (QED) is 0.878. The number of hydrogen-bond donors (Lipinski definition) is 1. The summed E-state index contributed by atoms with van der Waals surface area (Å²) in [5.41, 5.74) is -0.0958. The second kappa shape index (κ2) is 7.24. The monoisotopic (exact) mass is 301 g/mol. The largest absolute Gasteiger partial charge is 0.481 e. The highest BCUT2D eigenvalue weighted by molar-refractivity contribution is 6.31. The summed E-state index contributed by atoms with van der Waals surface area (Å²) in [6.07, 6.45) is 0.288. The second-order valence-electron chi connectivity index (χ2n) is 4.71. The van der Waals surface area contributed by atoms with Crippen LogP contribution in [0.2, 0.25) is 5.02 Å². The number of nitrogens with zero attached hydrogens (tertiary/aromatic N) is 1. The molecule has 0 spiro atoms. The van der Waals surface area contributed by atoms with E-state index in [0.717, 1.165) is 6.07 Å². The number of carbonyl (C=O) groups is 2. The molecule has 1 amide bonds. The molecule has 0 saturated heterocycles. The third-order valence-electron chi connectivity index (χ3n) is 2.83. The summed E-state index contributed by atoms with van der Waals surface area (Å²) in [5, 5.41) is 8.90. The van der Waals surface area contributed by atoms with Crippen molar-refractivity contribution < 1.29 is 19.1 Å². The fourth-order valence-electron chi connectivity index (χ4n) is 1.81. The third-order valence-corrected chi connectivity index (χ3v) is 3.07. The molecular weight excluding hydrogens is 285 g/mol. The molecule has 6 heteroatoms. The Kier molecular flexibility index (Phi) is 5.95. The Labute approximate surface area is 122 Å². The zero-order valence-electron chi connectivity index (χ0n) is 11.4. The van der Waals surface area contributed by atoms with Gasteiger partial charge in [-0.3, -0.25) is 9.59 Å². The van der Waals surface area contributed by atoms with Gasteiger partial charge in [0, 0.05) is 24.0 Å². The molecule has 4 nitrogen and oxygen atoms in total. The summed E-state index contributed by atoms with van der Waals surface area (Å²) in [6.45, 7) is 3.84. The topological polar surface area (TPSA) is 57.6 Å². The van der Waals surface area contributed by atoms with E-state index in [4.69, 9.17) is 16.7 Å². The second-order valence-corrected chi connectivity index (χ2v) is 5.15. The van der Waals surface area contributed by atoms with Crippen molar-refractivity contribution >= 4 is 23.5 Å². The Morgan fingerprint density at radius 3 is 2.60 bits per heavy atom. The highest BCUT2D eigenvalue weighted by Gasteiger charge is 2.21. The van der Waals surface area contributed by atoms with Crippen molar-refractivity contribution in [2.75, 3.05) is 6.54 Å².